The molecule has 2 aromatic carbocycles. The molecule has 0 aliphatic heterocycles. The number of nitrogens with zero attached hydrogens (tertiary/aromatic N) is 5. The number of thioether (sulfide) groups is 1. The summed E-state index contributed by atoms with van der Waals surface area (Å²) in [5.41, 5.74) is 1.43. The molecule has 162 valence electrons. The zero-order chi connectivity index (χ0) is 22.4. The predicted molar refractivity (Wildman–Crippen MR) is 115 cm³/mol. The van der Waals surface area contributed by atoms with Crippen LogP contribution >= 0.6 is 11.8 Å². The monoisotopic (exact) mass is 444 g/mol. The largest absolute Gasteiger partial charge is 0.325 e. The van der Waals surface area contributed by atoms with Gasteiger partial charge in [-0.25, -0.2) is 0 Å². The van der Waals surface area contributed by atoms with Crippen LogP contribution in [0.1, 0.15) is 32.3 Å². The topological polar surface area (TPSA) is 116 Å². The minimum absolute atomic E-state index is 0.132. The summed E-state index contributed by atoms with van der Waals surface area (Å²) in [4.78, 5) is 22.6. The number of hydrogen-bond donors (Lipinski definition) is 1. The Morgan fingerprint density at radius 2 is 2.03 bits per heavy atom. The average Bonchev–Trinajstić information content (AvgIpc) is 3.21. The number of rotatable bonds is 9. The van der Waals surface area contributed by atoms with Gasteiger partial charge in [-0.3, -0.25) is 14.9 Å². The number of nitro groups is 1. The van der Waals surface area contributed by atoms with Crippen molar-refractivity contribution >= 4 is 29.0 Å². The van der Waals surface area contributed by atoms with Crippen LogP contribution in [0.25, 0.3) is 5.69 Å². The lowest BCUT2D eigenvalue weighted by atomic mass is 10.1. The number of unbranched alkanes of at least 4 members (excludes halogenated alkanes) is 1. The minimum atomic E-state index is -0.967. The lowest BCUT2D eigenvalue weighted by Gasteiger charge is -2.12. The summed E-state index contributed by atoms with van der Waals surface area (Å²) in [6, 6.07) is 11.1. The van der Waals surface area contributed by atoms with Crippen molar-refractivity contribution in [1.29, 1.82) is 0 Å². The van der Waals surface area contributed by atoms with Gasteiger partial charge in [-0.05, 0) is 60.0 Å². The molecule has 1 aromatic heterocycles. The molecule has 31 heavy (non-hydrogen) atoms. The molecule has 3 aromatic rings. The maximum absolute atomic E-state index is 13.5. The van der Waals surface area contributed by atoms with Crippen LogP contribution < -0.4 is 5.32 Å². The summed E-state index contributed by atoms with van der Waals surface area (Å²) < 4.78 is 15.0. The molecule has 0 aliphatic carbocycles. The van der Waals surface area contributed by atoms with Crippen molar-refractivity contribution in [2.45, 2.75) is 43.5 Å². The lowest BCUT2D eigenvalue weighted by Crippen LogP contribution is -2.23. The Labute approximate surface area is 182 Å². The molecule has 9 nitrogen and oxygen atoms in total. The average molecular weight is 444 g/mol. The molecule has 0 fully saturated rings. The van der Waals surface area contributed by atoms with Crippen LogP contribution in [-0.2, 0) is 11.2 Å². The van der Waals surface area contributed by atoms with Gasteiger partial charge in [0.2, 0.25) is 16.9 Å². The number of carbonyl (C=O) groups is 1. The summed E-state index contributed by atoms with van der Waals surface area (Å²) in [7, 11) is 0. The van der Waals surface area contributed by atoms with Crippen molar-refractivity contribution < 1.29 is 14.1 Å². The van der Waals surface area contributed by atoms with E-state index in [1.807, 2.05) is 24.3 Å². The van der Waals surface area contributed by atoms with Crippen LogP contribution in [0.2, 0.25) is 0 Å². The van der Waals surface area contributed by atoms with Gasteiger partial charge in [0.25, 0.3) is 0 Å². The highest BCUT2D eigenvalue weighted by Gasteiger charge is 2.21. The van der Waals surface area contributed by atoms with E-state index < -0.39 is 27.6 Å². The van der Waals surface area contributed by atoms with Crippen LogP contribution in [0.3, 0.4) is 0 Å². The van der Waals surface area contributed by atoms with E-state index in [-0.39, 0.29) is 5.69 Å². The van der Waals surface area contributed by atoms with Crippen LogP contribution in [0.5, 0.6) is 0 Å². The van der Waals surface area contributed by atoms with Gasteiger partial charge in [-0.2, -0.15) is 9.07 Å². The highest BCUT2D eigenvalue weighted by atomic mass is 32.2. The SMILES string of the molecule is CCCCc1ccc(-n2nnnc2SC(C)C(=O)Nc2ccc(F)c([N+](=O)[O-])c2)cc1. The zero-order valence-electron chi connectivity index (χ0n) is 17.0. The molecule has 0 bridgehead atoms. The van der Waals surface area contributed by atoms with Gasteiger partial charge in [0.15, 0.2) is 0 Å². The fourth-order valence-electron chi connectivity index (χ4n) is 2.79. The van der Waals surface area contributed by atoms with Gasteiger partial charge in [0, 0.05) is 11.8 Å². The van der Waals surface area contributed by atoms with Crippen molar-refractivity contribution in [3.8, 4) is 5.69 Å². The number of carbonyl (C=O) groups excluding carboxylic acids is 1. The standard InChI is InChI=1S/C20H21FN6O3S/c1-3-4-5-14-6-9-16(10-7-14)26-20(23-24-25-26)31-13(2)19(28)22-15-8-11-17(21)18(12-15)27(29)30/h6-13H,3-5H2,1-2H3,(H,22,28). The van der Waals surface area contributed by atoms with E-state index in [0.29, 0.717) is 5.16 Å². The molecule has 1 unspecified atom stereocenters. The van der Waals surface area contributed by atoms with E-state index in [9.17, 15) is 19.3 Å². The summed E-state index contributed by atoms with van der Waals surface area (Å²) in [5.74, 6) is -1.39. The van der Waals surface area contributed by atoms with Crippen molar-refractivity contribution in [2.75, 3.05) is 5.32 Å². The lowest BCUT2D eigenvalue weighted by molar-refractivity contribution is -0.387. The molecule has 11 heteroatoms. The number of tetrazole rings is 1. The van der Waals surface area contributed by atoms with E-state index >= 15 is 0 Å². The molecule has 1 heterocycles. The Balaban J connectivity index is 1.68. The van der Waals surface area contributed by atoms with Crippen LogP contribution in [0.4, 0.5) is 15.8 Å². The zero-order valence-corrected chi connectivity index (χ0v) is 17.8. The van der Waals surface area contributed by atoms with Crippen LogP contribution in [-0.4, -0.2) is 36.3 Å². The number of hydrogen-bond acceptors (Lipinski definition) is 7. The van der Waals surface area contributed by atoms with Gasteiger partial charge < -0.3 is 5.32 Å². The van der Waals surface area contributed by atoms with Gasteiger partial charge >= 0.3 is 5.69 Å². The molecule has 1 amide bonds. The highest BCUT2D eigenvalue weighted by molar-refractivity contribution is 8.00. The smallest absolute Gasteiger partial charge is 0.306 e. The molecule has 0 radical (unpaired) electrons. The summed E-state index contributed by atoms with van der Waals surface area (Å²) in [5, 5.41) is 24.9. The number of amides is 1. The molecular formula is C20H21FN6O3S. The molecule has 1 atom stereocenters. The van der Waals surface area contributed by atoms with Crippen molar-refractivity contribution in [2.24, 2.45) is 0 Å². The molecule has 0 saturated heterocycles. The molecule has 3 rings (SSSR count). The normalized spacial score (nSPS) is 11.8. The molecule has 1 N–H and O–H groups in total. The quantitative estimate of drug-likeness (QED) is 0.299. The first-order valence-electron chi connectivity index (χ1n) is 9.68. The Bertz CT molecular complexity index is 1070. The van der Waals surface area contributed by atoms with E-state index in [1.54, 1.807) is 11.6 Å². The van der Waals surface area contributed by atoms with Crippen molar-refractivity contribution in [3.05, 3.63) is 64.0 Å². The first-order valence-corrected chi connectivity index (χ1v) is 10.6. The number of aryl methyl sites for hydroxylation is 1. The third-order valence-corrected chi connectivity index (χ3v) is 5.54. The number of nitrogens with one attached hydrogen (secondary N) is 1. The van der Waals surface area contributed by atoms with Crippen LogP contribution in [0, 0.1) is 15.9 Å². The first-order chi connectivity index (χ1) is 14.9. The number of halogens is 1. The second kappa shape index (κ2) is 10.1. The first kappa shape index (κ1) is 22.3. The van der Waals surface area contributed by atoms with E-state index in [0.717, 1.165) is 48.8 Å². The predicted octanol–water partition coefficient (Wildman–Crippen LogP) is 4.17. The maximum Gasteiger partial charge on any atom is 0.306 e. The van der Waals surface area contributed by atoms with Crippen molar-refractivity contribution in [3.63, 3.8) is 0 Å². The van der Waals surface area contributed by atoms with Gasteiger partial charge in [0.05, 0.1) is 15.9 Å². The number of aromatic nitrogens is 4. The molecule has 0 saturated carbocycles. The van der Waals surface area contributed by atoms with Gasteiger partial charge in [-0.1, -0.05) is 37.2 Å². The van der Waals surface area contributed by atoms with E-state index in [2.05, 4.69) is 27.8 Å². The Morgan fingerprint density at radius 1 is 1.29 bits per heavy atom. The Hall–Kier alpha value is -3.34. The second-order valence-corrected chi connectivity index (χ2v) is 8.12. The number of benzene rings is 2. The molecule has 0 spiro atoms. The van der Waals surface area contributed by atoms with E-state index in [4.69, 9.17) is 0 Å². The third kappa shape index (κ3) is 5.63. The number of anilines is 1. The Kier molecular flexibility index (Phi) is 7.29. The summed E-state index contributed by atoms with van der Waals surface area (Å²) >= 11 is 1.14. The van der Waals surface area contributed by atoms with Gasteiger partial charge in [0.1, 0.15) is 0 Å². The summed E-state index contributed by atoms with van der Waals surface area (Å²) in [6.07, 6.45) is 3.25. The Morgan fingerprint density at radius 3 is 2.71 bits per heavy atom. The second-order valence-electron chi connectivity index (χ2n) is 6.82. The minimum Gasteiger partial charge on any atom is -0.325 e. The summed E-state index contributed by atoms with van der Waals surface area (Å²) in [6.45, 7) is 3.80. The fourth-order valence-corrected chi connectivity index (χ4v) is 3.59. The van der Waals surface area contributed by atoms with Crippen LogP contribution in [0.15, 0.2) is 47.6 Å². The molecular weight excluding hydrogens is 423 g/mol. The van der Waals surface area contributed by atoms with Crippen molar-refractivity contribution in [1.82, 2.24) is 20.2 Å². The third-order valence-electron chi connectivity index (χ3n) is 4.50. The fraction of sp³-hybridized carbons (Fsp3) is 0.300. The van der Waals surface area contributed by atoms with E-state index in [1.165, 1.54) is 11.6 Å². The van der Waals surface area contributed by atoms with Gasteiger partial charge in [-0.15, -0.1) is 5.10 Å². The maximum atomic E-state index is 13.5. The highest BCUT2D eigenvalue weighted by Crippen LogP contribution is 2.26. The number of nitro benzene ring substituents is 1. The molecule has 0 aliphatic rings.